The van der Waals surface area contributed by atoms with Crippen molar-refractivity contribution in [2.45, 2.75) is 10.6 Å². The molecule has 0 heterocycles. The van der Waals surface area contributed by atoms with Crippen LogP contribution in [0.1, 0.15) is 15.9 Å². The minimum Gasteiger partial charge on any atom is -0.322 e. The molecule has 0 radical (unpaired) electrons. The highest BCUT2D eigenvalue weighted by Gasteiger charge is 2.16. The smallest absolute Gasteiger partial charge is 0.255 e. The highest BCUT2D eigenvalue weighted by Crippen LogP contribution is 2.16. The van der Waals surface area contributed by atoms with Crippen molar-refractivity contribution in [3.63, 3.8) is 0 Å². The van der Waals surface area contributed by atoms with Gasteiger partial charge in [0.1, 0.15) is 0 Å². The van der Waals surface area contributed by atoms with Crippen molar-refractivity contribution in [2.24, 2.45) is 5.14 Å². The molecule has 8 nitrogen and oxygen atoms in total. The molecule has 0 aliphatic rings. The van der Waals surface area contributed by atoms with Crippen molar-refractivity contribution in [1.82, 2.24) is 4.72 Å². The summed E-state index contributed by atoms with van der Waals surface area (Å²) in [5, 5.41) is 7.60. The van der Waals surface area contributed by atoms with E-state index in [1.807, 2.05) is 0 Å². The molecule has 2 rings (SSSR count). The lowest BCUT2D eigenvalue weighted by Gasteiger charge is -2.09. The molecule has 0 bridgehead atoms. The molecule has 0 aliphatic carbocycles. The van der Waals surface area contributed by atoms with Crippen LogP contribution in [-0.4, -0.2) is 29.3 Å². The molecule has 0 saturated heterocycles. The van der Waals surface area contributed by atoms with Crippen molar-refractivity contribution in [1.29, 1.82) is 0 Å². The number of carbonyl (C=O) groups is 1. The van der Waals surface area contributed by atoms with Gasteiger partial charge in [-0.3, -0.25) is 4.79 Å². The van der Waals surface area contributed by atoms with Gasteiger partial charge in [0.25, 0.3) is 5.91 Å². The Morgan fingerprint density at radius 1 is 1.07 bits per heavy atom. The van der Waals surface area contributed by atoms with Crippen molar-refractivity contribution >= 4 is 31.6 Å². The zero-order valence-corrected chi connectivity index (χ0v) is 15.7. The van der Waals surface area contributed by atoms with Gasteiger partial charge in [-0.2, -0.15) is 4.72 Å². The summed E-state index contributed by atoms with van der Waals surface area (Å²) in [5.74, 6) is 1.24. The van der Waals surface area contributed by atoms with Crippen LogP contribution in [0.15, 0.2) is 53.4 Å². The van der Waals surface area contributed by atoms with E-state index in [1.165, 1.54) is 30.3 Å². The minimum atomic E-state index is -3.83. The molecule has 4 N–H and O–H groups in total. The zero-order valence-electron chi connectivity index (χ0n) is 14.0. The lowest BCUT2D eigenvalue weighted by molar-refractivity contribution is 0.102. The fourth-order valence-corrected chi connectivity index (χ4v) is 3.82. The number of primary sulfonamides is 1. The summed E-state index contributed by atoms with van der Waals surface area (Å²) in [6.45, 7) is -0.171. The molecule has 0 aliphatic heterocycles. The van der Waals surface area contributed by atoms with Crippen molar-refractivity contribution in [3.8, 4) is 12.3 Å². The zero-order chi connectivity index (χ0) is 20.1. The maximum absolute atomic E-state index is 12.4. The predicted molar refractivity (Wildman–Crippen MR) is 102 cm³/mol. The summed E-state index contributed by atoms with van der Waals surface area (Å²) in [5.41, 5.74) is 0.861. The van der Waals surface area contributed by atoms with E-state index in [2.05, 4.69) is 16.0 Å². The lowest BCUT2D eigenvalue weighted by Crippen LogP contribution is -2.24. The van der Waals surface area contributed by atoms with Gasteiger partial charge in [0.2, 0.25) is 20.0 Å². The second-order valence-electron chi connectivity index (χ2n) is 5.52. The number of nitrogens with two attached hydrogens (primary N) is 1. The molecule has 142 valence electrons. The van der Waals surface area contributed by atoms with Gasteiger partial charge in [-0.15, -0.1) is 6.42 Å². The minimum absolute atomic E-state index is 0.103. The van der Waals surface area contributed by atoms with Gasteiger partial charge in [0.05, 0.1) is 17.2 Å². The molecular formula is C17H17N3O5S2. The average molecular weight is 407 g/mol. The molecule has 2 aromatic rings. The highest BCUT2D eigenvalue weighted by molar-refractivity contribution is 7.89. The molecule has 0 unspecified atom stereocenters. The van der Waals surface area contributed by atoms with E-state index in [-0.39, 0.29) is 22.8 Å². The number of amides is 1. The van der Waals surface area contributed by atoms with E-state index in [4.69, 9.17) is 11.6 Å². The third kappa shape index (κ3) is 6.19. The fraction of sp³-hybridized carbons (Fsp3) is 0.118. The first-order valence-corrected chi connectivity index (χ1v) is 10.7. The molecular weight excluding hydrogens is 390 g/mol. The normalized spacial score (nSPS) is 11.6. The van der Waals surface area contributed by atoms with Crippen LogP contribution >= 0.6 is 0 Å². The number of terminal acetylenes is 1. The van der Waals surface area contributed by atoms with E-state index >= 15 is 0 Å². The highest BCUT2D eigenvalue weighted by atomic mass is 32.2. The summed E-state index contributed by atoms with van der Waals surface area (Å²) in [7, 11) is -7.54. The van der Waals surface area contributed by atoms with Crippen LogP contribution in [0.25, 0.3) is 0 Å². The molecule has 0 saturated carbocycles. The number of carbonyl (C=O) groups excluding carboxylic acids is 1. The van der Waals surface area contributed by atoms with E-state index in [0.29, 0.717) is 11.3 Å². The van der Waals surface area contributed by atoms with E-state index < -0.39 is 26.0 Å². The Labute approximate surface area is 157 Å². The number of anilines is 1. The van der Waals surface area contributed by atoms with Gasteiger partial charge in [0.15, 0.2) is 0 Å². The number of rotatable bonds is 7. The topological polar surface area (TPSA) is 135 Å². The van der Waals surface area contributed by atoms with Crippen LogP contribution in [0.5, 0.6) is 0 Å². The number of hydrogen-bond acceptors (Lipinski definition) is 5. The third-order valence-electron chi connectivity index (χ3n) is 3.32. The third-order valence-corrected chi connectivity index (χ3v) is 5.46. The first kappa shape index (κ1) is 20.6. The summed E-state index contributed by atoms with van der Waals surface area (Å²) in [6, 6.07) is 11.6. The summed E-state index contributed by atoms with van der Waals surface area (Å²) in [4.78, 5) is 12.3. The van der Waals surface area contributed by atoms with Gasteiger partial charge < -0.3 is 5.32 Å². The van der Waals surface area contributed by atoms with Crippen LogP contribution in [0.3, 0.4) is 0 Å². The van der Waals surface area contributed by atoms with Crippen LogP contribution in [0.4, 0.5) is 5.69 Å². The second-order valence-corrected chi connectivity index (χ2v) is 8.90. The van der Waals surface area contributed by atoms with Crippen molar-refractivity contribution < 1.29 is 21.6 Å². The monoisotopic (exact) mass is 407 g/mol. The largest absolute Gasteiger partial charge is 0.322 e. The first-order chi connectivity index (χ1) is 12.6. The first-order valence-electron chi connectivity index (χ1n) is 7.55. The van der Waals surface area contributed by atoms with Crippen LogP contribution in [0, 0.1) is 12.3 Å². The molecule has 0 fully saturated rings. The number of benzene rings is 2. The molecule has 0 atom stereocenters. The number of nitrogens with one attached hydrogen (secondary N) is 2. The maximum Gasteiger partial charge on any atom is 0.255 e. The average Bonchev–Trinajstić information content (AvgIpc) is 2.59. The summed E-state index contributed by atoms with van der Waals surface area (Å²) < 4.78 is 48.7. The Balaban J connectivity index is 2.21. The summed E-state index contributed by atoms with van der Waals surface area (Å²) >= 11 is 0. The van der Waals surface area contributed by atoms with Crippen LogP contribution < -0.4 is 15.2 Å². The SMILES string of the molecule is C#CCNS(=O)(=O)c1cccc(C(=O)Nc2cccc(CS(N)(=O)=O)c2)c1. The Morgan fingerprint density at radius 2 is 1.78 bits per heavy atom. The molecule has 0 aromatic heterocycles. The summed E-state index contributed by atoms with van der Waals surface area (Å²) in [6.07, 6.45) is 5.04. The van der Waals surface area contributed by atoms with Crippen molar-refractivity contribution in [3.05, 3.63) is 59.7 Å². The number of sulfonamides is 2. The van der Waals surface area contributed by atoms with Gasteiger partial charge >= 0.3 is 0 Å². The van der Waals surface area contributed by atoms with E-state index in [0.717, 1.165) is 0 Å². The Morgan fingerprint density at radius 3 is 2.44 bits per heavy atom. The predicted octanol–water partition coefficient (Wildman–Crippen LogP) is 0.639. The lowest BCUT2D eigenvalue weighted by atomic mass is 10.2. The number of hydrogen-bond donors (Lipinski definition) is 3. The quantitative estimate of drug-likeness (QED) is 0.579. The molecule has 27 heavy (non-hydrogen) atoms. The second kappa shape index (κ2) is 8.32. The Hall–Kier alpha value is -2.71. The van der Waals surface area contributed by atoms with Gasteiger partial charge in [-0.25, -0.2) is 22.0 Å². The molecule has 0 spiro atoms. The molecule has 1 amide bonds. The Kier molecular flexibility index (Phi) is 6.35. The van der Waals surface area contributed by atoms with Gasteiger partial charge in [-0.1, -0.05) is 24.1 Å². The molecule has 2 aromatic carbocycles. The van der Waals surface area contributed by atoms with Crippen molar-refractivity contribution in [2.75, 3.05) is 11.9 Å². The van der Waals surface area contributed by atoms with Gasteiger partial charge in [-0.05, 0) is 35.9 Å². The molecule has 10 heteroatoms. The van der Waals surface area contributed by atoms with E-state index in [1.54, 1.807) is 18.2 Å². The fourth-order valence-electron chi connectivity index (χ4n) is 2.20. The van der Waals surface area contributed by atoms with Crippen LogP contribution in [0.2, 0.25) is 0 Å². The van der Waals surface area contributed by atoms with Crippen LogP contribution in [-0.2, 0) is 25.8 Å². The van der Waals surface area contributed by atoms with E-state index in [9.17, 15) is 21.6 Å². The Bertz CT molecular complexity index is 1100. The maximum atomic E-state index is 12.4. The standard InChI is InChI=1S/C17H17N3O5S2/c1-2-9-19-27(24,25)16-8-4-6-14(11-16)17(21)20-15-7-3-5-13(10-15)12-26(18,22)23/h1,3-8,10-11,19H,9,12H2,(H,20,21)(H2,18,22,23). The van der Waals surface area contributed by atoms with Gasteiger partial charge in [0, 0.05) is 11.3 Å².